The molecular formula is C6H8Cl3N. The molecular weight excluding hydrogens is 192 g/mol. The summed E-state index contributed by atoms with van der Waals surface area (Å²) in [6.45, 7) is 4.55. The SMILES string of the molecule is C=C(Cl)CNC/C(Cl)=C\Cl. The van der Waals surface area contributed by atoms with Crippen molar-refractivity contribution in [1.82, 2.24) is 5.32 Å². The van der Waals surface area contributed by atoms with Gasteiger partial charge in [0.25, 0.3) is 0 Å². The van der Waals surface area contributed by atoms with Crippen molar-refractivity contribution in [1.29, 1.82) is 0 Å². The van der Waals surface area contributed by atoms with Gasteiger partial charge >= 0.3 is 0 Å². The molecule has 0 rings (SSSR count). The largest absolute Gasteiger partial charge is 0.307 e. The van der Waals surface area contributed by atoms with Crippen LogP contribution < -0.4 is 5.32 Å². The van der Waals surface area contributed by atoms with Crippen LogP contribution in [0.5, 0.6) is 0 Å². The molecule has 0 fully saturated rings. The lowest BCUT2D eigenvalue weighted by atomic mass is 10.5. The summed E-state index contributed by atoms with van der Waals surface area (Å²) in [5.41, 5.74) is 1.31. The number of hydrogen-bond donors (Lipinski definition) is 1. The van der Waals surface area contributed by atoms with E-state index in [4.69, 9.17) is 34.8 Å². The van der Waals surface area contributed by atoms with Gasteiger partial charge in [-0.3, -0.25) is 0 Å². The van der Waals surface area contributed by atoms with E-state index in [0.717, 1.165) is 0 Å². The average Bonchev–Trinajstić information content (AvgIpc) is 1.87. The topological polar surface area (TPSA) is 12.0 Å². The summed E-state index contributed by atoms with van der Waals surface area (Å²) in [4.78, 5) is 0. The molecule has 58 valence electrons. The molecule has 1 nitrogen and oxygen atoms in total. The van der Waals surface area contributed by atoms with Crippen molar-refractivity contribution >= 4 is 34.8 Å². The first kappa shape index (κ1) is 10.3. The molecule has 0 aliphatic heterocycles. The lowest BCUT2D eigenvalue weighted by Crippen LogP contribution is -2.16. The maximum absolute atomic E-state index is 5.54. The number of hydrogen-bond acceptors (Lipinski definition) is 1. The summed E-state index contributed by atoms with van der Waals surface area (Å²) in [5, 5.41) is 4.03. The number of rotatable bonds is 4. The highest BCUT2D eigenvalue weighted by Crippen LogP contribution is 2.01. The standard InChI is InChI=1S/C6H8Cl3N/c1-5(8)3-10-4-6(9)2-7/h2,10H,1,3-4H2/b6-2+. The van der Waals surface area contributed by atoms with E-state index < -0.39 is 0 Å². The van der Waals surface area contributed by atoms with Gasteiger partial charge in [-0.25, -0.2) is 0 Å². The van der Waals surface area contributed by atoms with Crippen molar-refractivity contribution in [3.8, 4) is 0 Å². The Kier molecular flexibility index (Phi) is 6.24. The van der Waals surface area contributed by atoms with Crippen LogP contribution in [0.1, 0.15) is 0 Å². The maximum atomic E-state index is 5.54. The van der Waals surface area contributed by atoms with Crippen molar-refractivity contribution in [2.24, 2.45) is 0 Å². The van der Waals surface area contributed by atoms with Crippen LogP contribution in [-0.2, 0) is 0 Å². The van der Waals surface area contributed by atoms with Gasteiger partial charge in [0.05, 0.1) is 0 Å². The number of nitrogens with one attached hydrogen (secondary N) is 1. The Morgan fingerprint density at radius 1 is 1.40 bits per heavy atom. The molecule has 0 aromatic heterocycles. The van der Waals surface area contributed by atoms with Crippen molar-refractivity contribution in [2.45, 2.75) is 0 Å². The average molecular weight is 200 g/mol. The van der Waals surface area contributed by atoms with Gasteiger partial charge in [-0.15, -0.1) is 0 Å². The second kappa shape index (κ2) is 6.05. The summed E-state index contributed by atoms with van der Waals surface area (Å²) in [6, 6.07) is 0. The maximum Gasteiger partial charge on any atom is 0.0432 e. The molecule has 0 unspecified atom stereocenters. The van der Waals surface area contributed by atoms with Gasteiger partial charge in [-0.1, -0.05) is 41.4 Å². The lowest BCUT2D eigenvalue weighted by Gasteiger charge is -1.99. The van der Waals surface area contributed by atoms with Gasteiger partial charge < -0.3 is 5.32 Å². The second-order valence-electron chi connectivity index (χ2n) is 1.68. The van der Waals surface area contributed by atoms with Gasteiger partial charge in [0.1, 0.15) is 0 Å². The van der Waals surface area contributed by atoms with Crippen LogP contribution in [-0.4, -0.2) is 13.1 Å². The van der Waals surface area contributed by atoms with E-state index >= 15 is 0 Å². The van der Waals surface area contributed by atoms with E-state index in [9.17, 15) is 0 Å². The first-order valence-corrected chi connectivity index (χ1v) is 3.84. The Bertz CT molecular complexity index is 142. The summed E-state index contributed by atoms with van der Waals surface area (Å²) in [7, 11) is 0. The molecule has 0 aromatic carbocycles. The van der Waals surface area contributed by atoms with E-state index in [1.54, 1.807) is 0 Å². The van der Waals surface area contributed by atoms with Crippen LogP contribution in [0.2, 0.25) is 0 Å². The van der Waals surface area contributed by atoms with Crippen molar-refractivity contribution < 1.29 is 0 Å². The molecule has 0 aliphatic carbocycles. The van der Waals surface area contributed by atoms with Crippen LogP contribution in [0.15, 0.2) is 22.2 Å². The predicted molar refractivity (Wildman–Crippen MR) is 47.7 cm³/mol. The minimum absolute atomic E-state index is 0.525. The Morgan fingerprint density at radius 2 is 2.00 bits per heavy atom. The van der Waals surface area contributed by atoms with E-state index in [2.05, 4.69) is 11.9 Å². The Balaban J connectivity index is 3.29. The molecule has 4 heteroatoms. The summed E-state index contributed by atoms with van der Waals surface area (Å²) < 4.78 is 0. The molecule has 0 bridgehead atoms. The van der Waals surface area contributed by atoms with Crippen LogP contribution in [0.25, 0.3) is 0 Å². The van der Waals surface area contributed by atoms with Crippen molar-refractivity contribution in [2.75, 3.05) is 13.1 Å². The third-order valence-electron chi connectivity index (χ3n) is 0.729. The third kappa shape index (κ3) is 6.43. The molecule has 0 aromatic rings. The fourth-order valence-electron chi connectivity index (χ4n) is 0.356. The molecule has 0 aliphatic rings. The quantitative estimate of drug-likeness (QED) is 0.736. The molecule has 10 heavy (non-hydrogen) atoms. The molecule has 0 saturated carbocycles. The first-order chi connectivity index (χ1) is 4.66. The van der Waals surface area contributed by atoms with Crippen molar-refractivity contribution in [3.63, 3.8) is 0 Å². The van der Waals surface area contributed by atoms with Crippen LogP contribution in [0, 0.1) is 0 Å². The molecule has 0 amide bonds. The zero-order valence-corrected chi connectivity index (χ0v) is 7.60. The highest BCUT2D eigenvalue weighted by molar-refractivity contribution is 6.36. The Hall–Kier alpha value is 0.310. The summed E-state index contributed by atoms with van der Waals surface area (Å²) in [6.07, 6.45) is 0. The highest BCUT2D eigenvalue weighted by Gasteiger charge is 1.90. The molecule has 0 atom stereocenters. The minimum Gasteiger partial charge on any atom is -0.307 e. The first-order valence-electron chi connectivity index (χ1n) is 2.65. The van der Waals surface area contributed by atoms with Gasteiger partial charge in [0, 0.05) is 28.7 Å². The second-order valence-corrected chi connectivity index (χ2v) is 2.92. The minimum atomic E-state index is 0.525. The predicted octanol–water partition coefficient (Wildman–Crippen LogP) is 2.65. The lowest BCUT2D eigenvalue weighted by molar-refractivity contribution is 0.829. The summed E-state index contributed by atoms with van der Waals surface area (Å²) in [5.74, 6) is 0. The van der Waals surface area contributed by atoms with Crippen LogP contribution in [0.4, 0.5) is 0 Å². The zero-order valence-electron chi connectivity index (χ0n) is 5.33. The number of halogens is 3. The molecule has 1 N–H and O–H groups in total. The summed E-state index contributed by atoms with van der Waals surface area (Å²) >= 11 is 16.3. The molecule has 0 heterocycles. The normalized spacial score (nSPS) is 11.7. The van der Waals surface area contributed by atoms with Crippen molar-refractivity contribution in [3.05, 3.63) is 22.2 Å². The van der Waals surface area contributed by atoms with Gasteiger partial charge in [-0.2, -0.15) is 0 Å². The van der Waals surface area contributed by atoms with Gasteiger partial charge in [-0.05, 0) is 0 Å². The third-order valence-corrected chi connectivity index (χ3v) is 1.48. The Labute approximate surface area is 75.6 Å². The molecule has 0 radical (unpaired) electrons. The van der Waals surface area contributed by atoms with E-state index in [1.165, 1.54) is 5.54 Å². The van der Waals surface area contributed by atoms with E-state index in [1.807, 2.05) is 0 Å². The smallest absolute Gasteiger partial charge is 0.0432 e. The van der Waals surface area contributed by atoms with E-state index in [-0.39, 0.29) is 0 Å². The van der Waals surface area contributed by atoms with E-state index in [0.29, 0.717) is 23.2 Å². The van der Waals surface area contributed by atoms with Crippen LogP contribution in [0.3, 0.4) is 0 Å². The fourth-order valence-corrected chi connectivity index (χ4v) is 0.622. The zero-order chi connectivity index (χ0) is 7.98. The van der Waals surface area contributed by atoms with Gasteiger partial charge in [0.2, 0.25) is 0 Å². The van der Waals surface area contributed by atoms with Gasteiger partial charge in [0.15, 0.2) is 0 Å². The van der Waals surface area contributed by atoms with Crippen LogP contribution >= 0.6 is 34.8 Å². The highest BCUT2D eigenvalue weighted by atomic mass is 35.5. The monoisotopic (exact) mass is 199 g/mol. The Morgan fingerprint density at radius 3 is 2.40 bits per heavy atom. The molecule has 0 saturated heterocycles. The fraction of sp³-hybridized carbons (Fsp3) is 0.333. The molecule has 0 spiro atoms.